The number of rotatable bonds is 1. The minimum atomic E-state index is -1.86. The van der Waals surface area contributed by atoms with Crippen LogP contribution in [0.1, 0.15) is 20.3 Å². The van der Waals surface area contributed by atoms with Gasteiger partial charge >= 0.3 is 0 Å². The molecule has 6 nitrogen and oxygen atoms in total. The molecule has 0 heterocycles. The second-order valence-corrected chi connectivity index (χ2v) is 3.90. The molecule has 1 aliphatic rings. The number of hydrogen-bond acceptors (Lipinski definition) is 5. The van der Waals surface area contributed by atoms with Gasteiger partial charge in [-0.05, 0) is 6.92 Å². The summed E-state index contributed by atoms with van der Waals surface area (Å²) in [6.45, 7) is 2.42. The molecule has 0 aromatic carbocycles. The SMILES string of the molecule is CC(=O)NC1C[C@@](C)(O)C(=O)[C@H](O)C1=O. The number of aliphatic hydroxyl groups excluding tert-OH is 1. The van der Waals surface area contributed by atoms with Crippen molar-refractivity contribution in [2.45, 2.75) is 38.0 Å². The largest absolute Gasteiger partial charge is 0.382 e. The van der Waals surface area contributed by atoms with Crippen molar-refractivity contribution in [3.63, 3.8) is 0 Å². The molecule has 0 aromatic heterocycles. The predicted molar refractivity (Wildman–Crippen MR) is 48.9 cm³/mol. The molecule has 1 fully saturated rings. The lowest BCUT2D eigenvalue weighted by molar-refractivity contribution is -0.159. The van der Waals surface area contributed by atoms with Crippen LogP contribution in [-0.4, -0.2) is 45.4 Å². The van der Waals surface area contributed by atoms with Crippen LogP contribution in [0.15, 0.2) is 0 Å². The highest BCUT2D eigenvalue weighted by atomic mass is 16.3. The maximum Gasteiger partial charge on any atom is 0.217 e. The van der Waals surface area contributed by atoms with Crippen LogP contribution in [-0.2, 0) is 14.4 Å². The van der Waals surface area contributed by atoms with E-state index in [-0.39, 0.29) is 6.42 Å². The first-order valence-corrected chi connectivity index (χ1v) is 4.51. The molecule has 6 heteroatoms. The van der Waals surface area contributed by atoms with Crippen molar-refractivity contribution in [3.05, 3.63) is 0 Å². The maximum atomic E-state index is 11.4. The van der Waals surface area contributed by atoms with Crippen LogP contribution in [0.25, 0.3) is 0 Å². The summed E-state index contributed by atoms with van der Waals surface area (Å²) in [6.07, 6.45) is -2.06. The molecule has 1 rings (SSSR count). The average Bonchev–Trinajstić information content (AvgIpc) is 2.10. The van der Waals surface area contributed by atoms with E-state index in [1.54, 1.807) is 0 Å². The minimum Gasteiger partial charge on any atom is -0.382 e. The Balaban J connectivity index is 2.89. The normalized spacial score (nSPS) is 36.5. The summed E-state index contributed by atoms with van der Waals surface area (Å²) >= 11 is 0. The first kappa shape index (κ1) is 11.8. The quantitative estimate of drug-likeness (QED) is 0.445. The zero-order chi connectivity index (χ0) is 11.8. The fraction of sp³-hybridized carbons (Fsp3) is 0.667. The van der Waals surface area contributed by atoms with E-state index < -0.39 is 35.2 Å². The molecule has 0 radical (unpaired) electrons. The van der Waals surface area contributed by atoms with Crippen molar-refractivity contribution >= 4 is 17.5 Å². The number of carbonyl (C=O) groups excluding carboxylic acids is 3. The second-order valence-electron chi connectivity index (χ2n) is 3.90. The summed E-state index contributed by atoms with van der Waals surface area (Å²) in [5.74, 6) is -2.15. The summed E-state index contributed by atoms with van der Waals surface area (Å²) in [7, 11) is 0. The van der Waals surface area contributed by atoms with Gasteiger partial charge < -0.3 is 15.5 Å². The third kappa shape index (κ3) is 2.21. The van der Waals surface area contributed by atoms with Gasteiger partial charge in [-0.1, -0.05) is 0 Å². The lowest BCUT2D eigenvalue weighted by atomic mass is 9.79. The Morgan fingerprint density at radius 2 is 2.07 bits per heavy atom. The average molecular weight is 215 g/mol. The van der Waals surface area contributed by atoms with Crippen molar-refractivity contribution in [3.8, 4) is 0 Å². The predicted octanol–water partition coefficient (Wildman–Crippen LogP) is -1.86. The zero-order valence-electron chi connectivity index (χ0n) is 8.48. The van der Waals surface area contributed by atoms with Crippen molar-refractivity contribution in [2.75, 3.05) is 0 Å². The van der Waals surface area contributed by atoms with Crippen LogP contribution < -0.4 is 5.32 Å². The summed E-state index contributed by atoms with van der Waals surface area (Å²) in [6, 6.07) is -1.01. The van der Waals surface area contributed by atoms with Crippen LogP contribution in [0.2, 0.25) is 0 Å². The number of hydrogen-bond donors (Lipinski definition) is 3. The van der Waals surface area contributed by atoms with Crippen LogP contribution in [0, 0.1) is 0 Å². The number of amides is 1. The van der Waals surface area contributed by atoms with Gasteiger partial charge in [0, 0.05) is 13.3 Å². The number of aliphatic hydroxyl groups is 2. The van der Waals surface area contributed by atoms with Crippen LogP contribution in [0.3, 0.4) is 0 Å². The Morgan fingerprint density at radius 1 is 1.53 bits per heavy atom. The molecule has 3 atom stereocenters. The number of Topliss-reactive ketones (excluding diaryl/α,β-unsaturated/α-hetero) is 2. The van der Waals surface area contributed by atoms with Crippen LogP contribution in [0.5, 0.6) is 0 Å². The third-order valence-electron chi connectivity index (χ3n) is 2.37. The monoisotopic (exact) mass is 215 g/mol. The van der Waals surface area contributed by atoms with Crippen molar-refractivity contribution in [1.29, 1.82) is 0 Å². The second kappa shape index (κ2) is 3.71. The highest BCUT2D eigenvalue weighted by Crippen LogP contribution is 2.23. The topological polar surface area (TPSA) is 104 Å². The van der Waals surface area contributed by atoms with Crippen molar-refractivity contribution in [2.24, 2.45) is 0 Å². The highest BCUT2D eigenvalue weighted by molar-refractivity contribution is 6.13. The fourth-order valence-corrected chi connectivity index (χ4v) is 1.58. The Bertz CT molecular complexity index is 322. The molecule has 0 bridgehead atoms. The van der Waals surface area contributed by atoms with Gasteiger partial charge in [0.1, 0.15) is 5.60 Å². The van der Waals surface area contributed by atoms with E-state index >= 15 is 0 Å². The Morgan fingerprint density at radius 3 is 2.53 bits per heavy atom. The molecule has 15 heavy (non-hydrogen) atoms. The smallest absolute Gasteiger partial charge is 0.217 e. The van der Waals surface area contributed by atoms with Gasteiger partial charge in [0.15, 0.2) is 17.7 Å². The van der Waals surface area contributed by atoms with Crippen LogP contribution in [0.4, 0.5) is 0 Å². The van der Waals surface area contributed by atoms with Crippen molar-refractivity contribution < 1.29 is 24.6 Å². The summed E-state index contributed by atoms with van der Waals surface area (Å²) in [5, 5.41) is 21.1. The summed E-state index contributed by atoms with van der Waals surface area (Å²) in [5.41, 5.74) is -1.78. The molecule has 0 spiro atoms. The van der Waals surface area contributed by atoms with E-state index in [0.717, 1.165) is 0 Å². The molecule has 1 amide bonds. The number of carbonyl (C=O) groups is 3. The molecule has 0 saturated heterocycles. The first-order valence-electron chi connectivity index (χ1n) is 4.51. The molecule has 84 valence electrons. The number of ketones is 2. The van der Waals surface area contributed by atoms with E-state index in [9.17, 15) is 24.6 Å². The van der Waals surface area contributed by atoms with Gasteiger partial charge in [0.05, 0.1) is 6.04 Å². The van der Waals surface area contributed by atoms with Gasteiger partial charge in [-0.2, -0.15) is 0 Å². The molecule has 3 N–H and O–H groups in total. The Labute approximate surface area is 86.3 Å². The molecular weight excluding hydrogens is 202 g/mol. The molecular formula is C9H13NO5. The zero-order valence-corrected chi connectivity index (χ0v) is 8.48. The van der Waals surface area contributed by atoms with E-state index in [1.807, 2.05) is 0 Å². The molecule has 1 unspecified atom stereocenters. The summed E-state index contributed by atoms with van der Waals surface area (Å²) in [4.78, 5) is 33.4. The molecule has 1 saturated carbocycles. The highest BCUT2D eigenvalue weighted by Gasteiger charge is 2.48. The molecule has 1 aliphatic carbocycles. The standard InChI is InChI=1S/C9H13NO5/c1-4(11)10-5-3-9(2,15)8(14)7(13)6(5)12/h5,7,13,15H,3H2,1-2H3,(H,10,11)/t5?,7-,9-/m1/s1. The van der Waals surface area contributed by atoms with Gasteiger partial charge in [0.2, 0.25) is 5.91 Å². The lowest BCUT2D eigenvalue weighted by Crippen LogP contribution is -2.61. The summed E-state index contributed by atoms with van der Waals surface area (Å²) < 4.78 is 0. The number of nitrogens with one attached hydrogen (secondary N) is 1. The van der Waals surface area contributed by atoms with Crippen LogP contribution >= 0.6 is 0 Å². The van der Waals surface area contributed by atoms with Crippen molar-refractivity contribution in [1.82, 2.24) is 5.32 Å². The lowest BCUT2D eigenvalue weighted by Gasteiger charge is -2.34. The van der Waals surface area contributed by atoms with Gasteiger partial charge in [-0.3, -0.25) is 14.4 Å². The van der Waals surface area contributed by atoms with E-state index in [1.165, 1.54) is 13.8 Å². The minimum absolute atomic E-state index is 0.207. The Hall–Kier alpha value is -1.27. The first-order chi connectivity index (χ1) is 6.75. The van der Waals surface area contributed by atoms with E-state index in [2.05, 4.69) is 5.32 Å². The van der Waals surface area contributed by atoms with E-state index in [4.69, 9.17) is 0 Å². The van der Waals surface area contributed by atoms with Gasteiger partial charge in [-0.15, -0.1) is 0 Å². The molecule has 0 aromatic rings. The van der Waals surface area contributed by atoms with Gasteiger partial charge in [0.25, 0.3) is 0 Å². The maximum absolute atomic E-state index is 11.4. The fourth-order valence-electron chi connectivity index (χ4n) is 1.58. The van der Waals surface area contributed by atoms with Gasteiger partial charge in [-0.25, -0.2) is 0 Å². The Kier molecular flexibility index (Phi) is 2.92. The van der Waals surface area contributed by atoms with E-state index in [0.29, 0.717) is 0 Å². The molecule has 0 aliphatic heterocycles. The third-order valence-corrected chi connectivity index (χ3v) is 2.37.